The third-order valence-electron chi connectivity index (χ3n) is 6.17. The van der Waals surface area contributed by atoms with Crippen LogP contribution in [0.25, 0.3) is 10.9 Å². The fourth-order valence-corrected chi connectivity index (χ4v) is 4.20. The van der Waals surface area contributed by atoms with Crippen LogP contribution in [0.15, 0.2) is 59.5 Å². The number of nitrogens with one attached hydrogen (secondary N) is 3. The summed E-state index contributed by atoms with van der Waals surface area (Å²) < 4.78 is 6.16. The van der Waals surface area contributed by atoms with Gasteiger partial charge in [0, 0.05) is 36.9 Å². The summed E-state index contributed by atoms with van der Waals surface area (Å²) in [5.41, 5.74) is 2.85. The molecule has 208 valence electrons. The van der Waals surface area contributed by atoms with Gasteiger partial charge in [0.15, 0.2) is 0 Å². The molecule has 2 heterocycles. The molecule has 0 aliphatic heterocycles. The normalized spacial score (nSPS) is 12.1. The maximum atomic E-state index is 13.2. The number of nitrogens with zero attached hydrogens (tertiary/aromatic N) is 2. The number of methoxy groups -OCH3 is 1. The molecule has 1 aromatic carbocycles. The predicted molar refractivity (Wildman–Crippen MR) is 152 cm³/mol. The van der Waals surface area contributed by atoms with Crippen molar-refractivity contribution >= 4 is 34.5 Å². The van der Waals surface area contributed by atoms with Gasteiger partial charge in [-0.1, -0.05) is 32.1 Å². The third-order valence-corrected chi connectivity index (χ3v) is 6.17. The lowest BCUT2D eigenvalue weighted by Gasteiger charge is -2.17. The SMILES string of the molecule is COC(=O)N[C@@H](CC/C=C/C(=O)N(C)C)C(=O)Nc1cccn(Cc2cc3c(CC(C)C)cccc3[nH]2)c1=O. The number of hydrogen-bond donors (Lipinski definition) is 3. The highest BCUT2D eigenvalue weighted by Gasteiger charge is 2.22. The van der Waals surface area contributed by atoms with Gasteiger partial charge >= 0.3 is 6.09 Å². The number of anilines is 1. The number of likely N-dealkylation sites (N-methyl/N-ethyl adjacent to an activating group) is 1. The lowest BCUT2D eigenvalue weighted by molar-refractivity contribution is -0.123. The van der Waals surface area contributed by atoms with E-state index in [9.17, 15) is 19.2 Å². The van der Waals surface area contributed by atoms with Gasteiger partial charge in [-0.3, -0.25) is 14.4 Å². The summed E-state index contributed by atoms with van der Waals surface area (Å²) >= 11 is 0. The van der Waals surface area contributed by atoms with E-state index in [0.717, 1.165) is 23.0 Å². The van der Waals surface area contributed by atoms with Crippen molar-refractivity contribution in [2.24, 2.45) is 5.92 Å². The Morgan fingerprint density at radius 3 is 2.62 bits per heavy atom. The Bertz CT molecular complexity index is 1400. The molecule has 3 N–H and O–H groups in total. The van der Waals surface area contributed by atoms with E-state index in [4.69, 9.17) is 0 Å². The number of hydrogen-bond acceptors (Lipinski definition) is 5. The highest BCUT2D eigenvalue weighted by atomic mass is 16.5. The molecule has 3 rings (SSSR count). The van der Waals surface area contributed by atoms with Gasteiger partial charge in [-0.2, -0.15) is 0 Å². The van der Waals surface area contributed by atoms with Crippen LogP contribution in [0.5, 0.6) is 0 Å². The minimum absolute atomic E-state index is 0.0918. The first kappa shape index (κ1) is 29.2. The molecular formula is C29H37N5O5. The smallest absolute Gasteiger partial charge is 0.407 e. The Balaban J connectivity index is 1.75. The van der Waals surface area contributed by atoms with Gasteiger partial charge in [0.2, 0.25) is 11.8 Å². The van der Waals surface area contributed by atoms with Crippen LogP contribution < -0.4 is 16.2 Å². The summed E-state index contributed by atoms with van der Waals surface area (Å²) in [4.78, 5) is 54.6. The van der Waals surface area contributed by atoms with Crippen LogP contribution in [-0.2, 0) is 27.3 Å². The molecule has 0 saturated heterocycles. The maximum absolute atomic E-state index is 13.2. The van der Waals surface area contributed by atoms with E-state index in [-0.39, 0.29) is 23.6 Å². The number of fused-ring (bicyclic) bond motifs is 1. The highest BCUT2D eigenvalue weighted by molar-refractivity contribution is 5.96. The number of allylic oxidation sites excluding steroid dienone is 1. The summed E-state index contributed by atoms with van der Waals surface area (Å²) in [5.74, 6) is -0.231. The van der Waals surface area contributed by atoms with E-state index in [0.29, 0.717) is 18.9 Å². The van der Waals surface area contributed by atoms with Crippen molar-refractivity contribution in [3.63, 3.8) is 0 Å². The first-order valence-corrected chi connectivity index (χ1v) is 12.9. The van der Waals surface area contributed by atoms with Crippen LogP contribution >= 0.6 is 0 Å². The molecule has 0 fully saturated rings. The lowest BCUT2D eigenvalue weighted by Crippen LogP contribution is -2.44. The fraction of sp³-hybridized carbons (Fsp3) is 0.379. The minimum atomic E-state index is -0.974. The van der Waals surface area contributed by atoms with E-state index >= 15 is 0 Å². The molecule has 39 heavy (non-hydrogen) atoms. The van der Waals surface area contributed by atoms with Crippen LogP contribution in [0.1, 0.15) is 37.9 Å². The van der Waals surface area contributed by atoms with Crippen LogP contribution in [0, 0.1) is 5.92 Å². The Kier molecular flexibility index (Phi) is 10.1. The van der Waals surface area contributed by atoms with Gasteiger partial charge in [-0.05, 0) is 61.1 Å². The van der Waals surface area contributed by atoms with Crippen molar-refractivity contribution in [3.8, 4) is 0 Å². The number of ether oxygens (including phenoxy) is 1. The van der Waals surface area contributed by atoms with Crippen molar-refractivity contribution in [1.82, 2.24) is 19.8 Å². The first-order valence-electron chi connectivity index (χ1n) is 12.9. The molecular weight excluding hydrogens is 498 g/mol. The molecule has 0 aliphatic carbocycles. The second-order valence-electron chi connectivity index (χ2n) is 10.0. The fourth-order valence-electron chi connectivity index (χ4n) is 4.20. The molecule has 0 spiro atoms. The van der Waals surface area contributed by atoms with E-state index in [2.05, 4.69) is 46.3 Å². The zero-order chi connectivity index (χ0) is 28.5. The van der Waals surface area contributed by atoms with E-state index in [1.165, 1.54) is 34.3 Å². The molecule has 1 atom stereocenters. The Morgan fingerprint density at radius 2 is 1.92 bits per heavy atom. The predicted octanol–water partition coefficient (Wildman–Crippen LogP) is 3.66. The minimum Gasteiger partial charge on any atom is -0.453 e. The molecule has 2 aromatic heterocycles. The van der Waals surface area contributed by atoms with Crippen molar-refractivity contribution < 1.29 is 19.1 Å². The molecule has 0 saturated carbocycles. The summed E-state index contributed by atoms with van der Waals surface area (Å²) in [5, 5.41) is 6.26. The molecule has 0 bridgehead atoms. The molecule has 0 radical (unpaired) electrons. The maximum Gasteiger partial charge on any atom is 0.407 e. The largest absolute Gasteiger partial charge is 0.453 e. The number of carbonyl (C=O) groups is 3. The molecule has 0 unspecified atom stereocenters. The van der Waals surface area contributed by atoms with E-state index in [1.54, 1.807) is 32.4 Å². The van der Waals surface area contributed by atoms with E-state index in [1.807, 2.05) is 12.1 Å². The van der Waals surface area contributed by atoms with Crippen LogP contribution in [0.4, 0.5) is 10.5 Å². The quantitative estimate of drug-likeness (QED) is 0.323. The lowest BCUT2D eigenvalue weighted by atomic mass is 10.00. The van der Waals surface area contributed by atoms with Gasteiger partial charge in [0.05, 0.1) is 13.7 Å². The second kappa shape index (κ2) is 13.5. The van der Waals surface area contributed by atoms with Crippen LogP contribution in [-0.4, -0.2) is 59.6 Å². The molecule has 0 aliphatic rings. The van der Waals surface area contributed by atoms with Gasteiger partial charge in [-0.15, -0.1) is 0 Å². The number of aromatic amines is 1. The summed E-state index contributed by atoms with van der Waals surface area (Å²) in [6.07, 6.45) is 5.42. The summed E-state index contributed by atoms with van der Waals surface area (Å²) in [7, 11) is 4.47. The van der Waals surface area contributed by atoms with Crippen LogP contribution in [0.2, 0.25) is 0 Å². The summed E-state index contributed by atoms with van der Waals surface area (Å²) in [6, 6.07) is 10.5. The molecule has 10 heteroatoms. The van der Waals surface area contributed by atoms with Gasteiger partial charge in [-0.25, -0.2) is 4.79 Å². The number of aromatic nitrogens is 2. The number of benzene rings is 1. The van der Waals surface area contributed by atoms with Crippen LogP contribution in [0.3, 0.4) is 0 Å². The van der Waals surface area contributed by atoms with Crippen molar-refractivity contribution in [2.75, 3.05) is 26.5 Å². The zero-order valence-corrected chi connectivity index (χ0v) is 23.1. The van der Waals surface area contributed by atoms with Crippen molar-refractivity contribution in [3.05, 3.63) is 76.4 Å². The number of pyridine rings is 1. The number of carbonyl (C=O) groups excluding carboxylic acids is 3. The number of alkyl carbamates (subject to hydrolysis) is 1. The van der Waals surface area contributed by atoms with Gasteiger partial charge in [0.1, 0.15) is 11.7 Å². The first-order chi connectivity index (χ1) is 18.6. The second-order valence-corrected chi connectivity index (χ2v) is 10.0. The zero-order valence-electron chi connectivity index (χ0n) is 23.1. The van der Waals surface area contributed by atoms with Gasteiger partial charge < -0.3 is 29.8 Å². The van der Waals surface area contributed by atoms with E-state index < -0.39 is 18.0 Å². The molecule has 10 nitrogen and oxygen atoms in total. The van der Waals surface area contributed by atoms with Gasteiger partial charge in [0.25, 0.3) is 5.56 Å². The average molecular weight is 536 g/mol. The summed E-state index contributed by atoms with van der Waals surface area (Å²) in [6.45, 7) is 4.66. The monoisotopic (exact) mass is 535 g/mol. The molecule has 3 amide bonds. The average Bonchev–Trinajstić information content (AvgIpc) is 3.31. The number of rotatable bonds is 11. The highest BCUT2D eigenvalue weighted by Crippen LogP contribution is 2.23. The standard InChI is InChI=1S/C29H37N5O5/c1-19(2)16-20-10-8-12-23-22(20)17-21(30-23)18-34-15-9-13-25(28(34)37)31-27(36)24(32-29(38)39-5)11-6-7-14-26(35)33(3)4/h7-10,12-15,17,19,24,30H,6,11,16,18H2,1-5H3,(H,31,36)(H,32,38)/b14-7+/t24-/m0/s1. The topological polar surface area (TPSA) is 126 Å². The Labute approximate surface area is 228 Å². The van der Waals surface area contributed by atoms with Crippen molar-refractivity contribution in [2.45, 2.75) is 45.7 Å². The Morgan fingerprint density at radius 1 is 1.15 bits per heavy atom. The molecule has 3 aromatic rings. The number of amides is 3. The number of H-pyrrole nitrogens is 1. The Hall–Kier alpha value is -4.34. The third kappa shape index (κ3) is 8.07. The van der Waals surface area contributed by atoms with Crippen molar-refractivity contribution in [1.29, 1.82) is 0 Å².